The van der Waals surface area contributed by atoms with Gasteiger partial charge in [0, 0.05) is 11.5 Å². The van der Waals surface area contributed by atoms with E-state index in [1.165, 1.54) is 6.08 Å². The van der Waals surface area contributed by atoms with Crippen molar-refractivity contribution < 1.29 is 22.4 Å². The van der Waals surface area contributed by atoms with Gasteiger partial charge in [-0.25, -0.2) is 0 Å². The van der Waals surface area contributed by atoms with Crippen molar-refractivity contribution in [2.45, 2.75) is 6.42 Å². The van der Waals surface area contributed by atoms with Gasteiger partial charge in [-0.05, 0) is 23.8 Å². The number of hydrogen-bond acceptors (Lipinski definition) is 6. The molecule has 0 amide bonds. The van der Waals surface area contributed by atoms with E-state index in [4.69, 9.17) is 0 Å². The molecule has 0 saturated heterocycles. The molecular weight excluding hydrogens is 258 g/mol. The molecule has 0 heterocycles. The van der Waals surface area contributed by atoms with E-state index in [1.807, 2.05) is 0 Å². The molecule has 3 unspecified atom stereocenters. The van der Waals surface area contributed by atoms with Gasteiger partial charge in [0.15, 0.2) is 0 Å². The highest BCUT2D eigenvalue weighted by molar-refractivity contribution is 7.80. The fourth-order valence-electron chi connectivity index (χ4n) is 1.67. The highest BCUT2D eigenvalue weighted by Crippen LogP contribution is 2.54. The minimum Gasteiger partial charge on any atom is -0.772 e. The number of rotatable bonds is 6. The molecule has 0 aromatic heterocycles. The van der Waals surface area contributed by atoms with E-state index >= 15 is 0 Å². The van der Waals surface area contributed by atoms with Crippen LogP contribution in [0.4, 0.5) is 0 Å². The van der Waals surface area contributed by atoms with Crippen LogP contribution in [0.2, 0.25) is 0 Å². The van der Waals surface area contributed by atoms with Crippen molar-refractivity contribution in [2.24, 2.45) is 11.3 Å². The van der Waals surface area contributed by atoms with Gasteiger partial charge < -0.3 is 9.11 Å². The minimum absolute atomic E-state index is 0.284. The van der Waals surface area contributed by atoms with Crippen molar-refractivity contribution in [3.8, 4) is 0 Å². The van der Waals surface area contributed by atoms with E-state index in [-0.39, 0.29) is 17.4 Å². The first-order chi connectivity index (χ1) is 7.35. The summed E-state index contributed by atoms with van der Waals surface area (Å²) in [7, 11) is 0. The summed E-state index contributed by atoms with van der Waals surface area (Å²) >= 11 is -4.70. The van der Waals surface area contributed by atoms with Crippen molar-refractivity contribution in [3.05, 3.63) is 22.4 Å². The first kappa shape index (κ1) is 13.4. The Bertz CT molecular complexity index is 352. The van der Waals surface area contributed by atoms with Gasteiger partial charge >= 0.3 is 0 Å². The summed E-state index contributed by atoms with van der Waals surface area (Å²) in [6, 6.07) is 0. The Labute approximate surface area is 96.6 Å². The third-order valence-corrected chi connectivity index (χ3v) is 4.12. The number of nitrogens with zero attached hydrogens (tertiary/aromatic N) is 1. The predicted molar refractivity (Wildman–Crippen MR) is 54.2 cm³/mol. The molecule has 0 aromatic rings. The highest BCUT2D eigenvalue weighted by atomic mass is 32.2. The topological polar surface area (TPSA) is 123 Å². The lowest BCUT2D eigenvalue weighted by molar-refractivity contribution is -0.402. The molecule has 0 aliphatic heterocycles. The molecule has 16 heavy (non-hydrogen) atoms. The Morgan fingerprint density at radius 2 is 1.81 bits per heavy atom. The van der Waals surface area contributed by atoms with Gasteiger partial charge in [0.25, 0.3) is 0 Å². The smallest absolute Gasteiger partial charge is 0.230 e. The molecule has 92 valence electrons. The lowest BCUT2D eigenvalue weighted by Crippen LogP contribution is -2.21. The van der Waals surface area contributed by atoms with Crippen LogP contribution in [-0.4, -0.2) is 34.0 Å². The maximum Gasteiger partial charge on any atom is 0.230 e. The Morgan fingerprint density at radius 1 is 1.31 bits per heavy atom. The van der Waals surface area contributed by atoms with Crippen LogP contribution in [0.1, 0.15) is 6.42 Å². The minimum atomic E-state index is -2.35. The van der Waals surface area contributed by atoms with Gasteiger partial charge in [0.05, 0.1) is 4.92 Å². The van der Waals surface area contributed by atoms with E-state index in [0.29, 0.717) is 12.6 Å². The van der Waals surface area contributed by atoms with Crippen LogP contribution >= 0.6 is 0 Å². The molecule has 0 bridgehead atoms. The lowest BCUT2D eigenvalue weighted by Gasteiger charge is -2.19. The van der Waals surface area contributed by atoms with E-state index in [1.54, 1.807) is 0 Å². The third-order valence-electron chi connectivity index (χ3n) is 2.50. The third kappa shape index (κ3) is 3.74. The van der Waals surface area contributed by atoms with E-state index < -0.39 is 32.5 Å². The van der Waals surface area contributed by atoms with Crippen LogP contribution in [0.5, 0.6) is 0 Å². The fraction of sp³-hybridized carbons (Fsp3) is 0.714. The van der Waals surface area contributed by atoms with Crippen molar-refractivity contribution >= 4 is 22.2 Å². The predicted octanol–water partition coefficient (Wildman–Crippen LogP) is -0.459. The molecule has 1 saturated carbocycles. The van der Waals surface area contributed by atoms with Crippen LogP contribution in [0.25, 0.3) is 0 Å². The zero-order valence-corrected chi connectivity index (χ0v) is 9.70. The number of allylic oxidation sites excluding steroid dienone is 1. The molecule has 7 nitrogen and oxygen atoms in total. The van der Waals surface area contributed by atoms with Crippen molar-refractivity contribution in [1.82, 2.24) is 0 Å². The molecule has 0 spiro atoms. The molecular formula is C7H9NO6S2-2. The standard InChI is InChI=1S/C7H11NO6S2/c9-8(10)2-1-6-3-7(6,4-15(11)12)5-16(13)14/h1-2,6H,3-5H2,(H,11,12)(H,13,14)/p-2/b2-1+. The molecule has 0 N–H and O–H groups in total. The zero-order valence-electron chi connectivity index (χ0n) is 8.07. The van der Waals surface area contributed by atoms with Gasteiger partial charge in [-0.2, -0.15) is 0 Å². The van der Waals surface area contributed by atoms with Crippen LogP contribution in [0.15, 0.2) is 12.3 Å². The average molecular weight is 267 g/mol. The van der Waals surface area contributed by atoms with Crippen LogP contribution in [0, 0.1) is 21.4 Å². The Kier molecular flexibility index (Phi) is 4.30. The van der Waals surface area contributed by atoms with Crippen LogP contribution < -0.4 is 0 Å². The summed E-state index contributed by atoms with van der Waals surface area (Å²) in [6.07, 6.45) is 2.31. The molecule has 1 aliphatic rings. The Balaban J connectivity index is 2.67. The molecule has 1 aliphatic carbocycles. The fourth-order valence-corrected chi connectivity index (χ4v) is 3.60. The highest BCUT2D eigenvalue weighted by Gasteiger charge is 2.52. The molecule has 9 heteroatoms. The van der Waals surface area contributed by atoms with E-state index in [2.05, 4.69) is 0 Å². The van der Waals surface area contributed by atoms with Crippen molar-refractivity contribution in [1.29, 1.82) is 0 Å². The Morgan fingerprint density at radius 3 is 2.19 bits per heavy atom. The first-order valence-electron chi connectivity index (χ1n) is 4.29. The van der Waals surface area contributed by atoms with Gasteiger partial charge in [-0.15, -0.1) is 0 Å². The number of nitro groups is 1. The molecule has 3 atom stereocenters. The maximum atomic E-state index is 10.6. The van der Waals surface area contributed by atoms with Gasteiger partial charge in [0.1, 0.15) is 0 Å². The quantitative estimate of drug-likeness (QED) is 0.364. The summed E-state index contributed by atoms with van der Waals surface area (Å²) in [5.74, 6) is -0.921. The second-order valence-corrected chi connectivity index (χ2v) is 5.49. The summed E-state index contributed by atoms with van der Waals surface area (Å²) in [5, 5.41) is 10.1. The van der Waals surface area contributed by atoms with Gasteiger partial charge in [-0.1, -0.05) is 22.2 Å². The van der Waals surface area contributed by atoms with Gasteiger partial charge in [-0.3, -0.25) is 18.5 Å². The lowest BCUT2D eigenvalue weighted by atomic mass is 10.1. The van der Waals surface area contributed by atoms with Crippen molar-refractivity contribution in [3.63, 3.8) is 0 Å². The summed E-state index contributed by atoms with van der Waals surface area (Å²) in [4.78, 5) is 9.40. The number of hydrogen-bond donors (Lipinski definition) is 0. The van der Waals surface area contributed by atoms with E-state index in [0.717, 1.165) is 0 Å². The van der Waals surface area contributed by atoms with E-state index in [9.17, 15) is 27.6 Å². The Hall–Kier alpha value is -0.640. The average Bonchev–Trinajstić information content (AvgIpc) is 2.71. The van der Waals surface area contributed by atoms with Crippen LogP contribution in [0.3, 0.4) is 0 Å². The monoisotopic (exact) mass is 267 g/mol. The second-order valence-electron chi connectivity index (χ2n) is 3.70. The summed E-state index contributed by atoms with van der Waals surface area (Å²) in [6.45, 7) is 0. The van der Waals surface area contributed by atoms with Crippen molar-refractivity contribution in [2.75, 3.05) is 11.5 Å². The molecule has 0 radical (unpaired) electrons. The summed E-state index contributed by atoms with van der Waals surface area (Å²) < 4.78 is 42.2. The van der Waals surface area contributed by atoms with Gasteiger partial charge in [0.2, 0.25) is 6.20 Å². The second kappa shape index (κ2) is 5.13. The largest absolute Gasteiger partial charge is 0.772 e. The molecule has 0 aromatic carbocycles. The maximum absolute atomic E-state index is 10.6. The normalized spacial score (nSPS) is 32.5. The van der Waals surface area contributed by atoms with Crippen LogP contribution in [-0.2, 0) is 22.2 Å². The SMILES string of the molecule is O=[N+]([O-])/C=C/C1CC1(CS(=O)[O-])CS(=O)[O-]. The first-order valence-corrected chi connectivity index (χ1v) is 6.78. The zero-order chi connectivity index (χ0) is 12.3. The summed E-state index contributed by atoms with van der Waals surface area (Å²) in [5.41, 5.74) is -0.869. The molecule has 1 rings (SSSR count). The molecule has 1 fully saturated rings.